The standard InChI is InChI=1S/C32H31N3O5S.CN.Cu/c1-31(2,3)40-30(37)34-17-16-32(22-34,19-23-10-6-4-7-11-23)29(36)24-14-15-28-27(18-24)25(20-33)21-35(28)41(38,39)26-12-8-5-9-13-26;1-2;/h4-15,18,21H,16-17,19,22H2,1-3H3;;/q;-1;+1. The molecule has 1 atom stereocenters. The molecule has 2 heterocycles. The summed E-state index contributed by atoms with van der Waals surface area (Å²) in [4.78, 5) is 28.9. The first kappa shape index (κ1) is 34.1. The second kappa shape index (κ2) is 13.5. The molecule has 11 heteroatoms. The largest absolute Gasteiger partial charge is 1.00 e. The molecule has 1 aliphatic rings. The molecule has 230 valence electrons. The van der Waals surface area contributed by atoms with Crippen molar-refractivity contribution in [1.82, 2.24) is 8.87 Å². The number of hydrogen-bond acceptors (Lipinski definition) is 7. The second-order valence-corrected chi connectivity index (χ2v) is 13.2. The van der Waals surface area contributed by atoms with Crippen LogP contribution in [0.5, 0.6) is 0 Å². The number of fused-ring (bicyclic) bond motifs is 1. The van der Waals surface area contributed by atoms with Gasteiger partial charge in [0, 0.05) is 30.2 Å². The van der Waals surface area contributed by atoms with Crippen LogP contribution >= 0.6 is 0 Å². The second-order valence-electron chi connectivity index (χ2n) is 11.4. The van der Waals surface area contributed by atoms with Crippen LogP contribution in [0.25, 0.3) is 10.9 Å². The molecule has 44 heavy (non-hydrogen) atoms. The summed E-state index contributed by atoms with van der Waals surface area (Å²) in [7, 11) is -3.97. The predicted molar refractivity (Wildman–Crippen MR) is 160 cm³/mol. The number of carbonyl (C=O) groups excluding carboxylic acids is 2. The Morgan fingerprint density at radius 3 is 2.20 bits per heavy atom. The summed E-state index contributed by atoms with van der Waals surface area (Å²) >= 11 is 0. The van der Waals surface area contributed by atoms with Gasteiger partial charge in [-0.1, -0.05) is 48.5 Å². The van der Waals surface area contributed by atoms with Gasteiger partial charge in [0.25, 0.3) is 10.0 Å². The number of ether oxygens (including phenoxy) is 1. The monoisotopic (exact) mass is 658 g/mol. The molecule has 0 N–H and O–H groups in total. The molecule has 3 aromatic carbocycles. The molecule has 1 aromatic heterocycles. The molecule has 9 nitrogen and oxygen atoms in total. The third kappa shape index (κ3) is 6.87. The summed E-state index contributed by atoms with van der Waals surface area (Å²) in [5.74, 6) is -0.170. The van der Waals surface area contributed by atoms with Crippen LogP contribution in [0.4, 0.5) is 4.79 Å². The number of aromatic nitrogens is 1. The number of amides is 1. The molecule has 4 aromatic rings. The third-order valence-electron chi connectivity index (χ3n) is 7.33. The maximum absolute atomic E-state index is 14.3. The Morgan fingerprint density at radius 1 is 1.00 bits per heavy atom. The van der Waals surface area contributed by atoms with Crippen LogP contribution in [-0.4, -0.2) is 47.9 Å². The van der Waals surface area contributed by atoms with Crippen LogP contribution in [-0.2, 0) is 38.2 Å². The quantitative estimate of drug-likeness (QED) is 0.143. The SMILES string of the molecule is CC(C)(C)OC(=O)N1CCC(Cc2ccccc2)(C(=O)c2ccc3c(c2)c(C#N)cn3S(=O)(=O)c2ccccc2)C1.[C-]#N.[Cu+]. The molecule has 1 amide bonds. The summed E-state index contributed by atoms with van der Waals surface area (Å²) in [6.45, 7) is 10.7. The number of benzene rings is 3. The van der Waals surface area contributed by atoms with Gasteiger partial charge in [-0.05, 0) is 69.5 Å². The molecule has 0 bridgehead atoms. The van der Waals surface area contributed by atoms with Gasteiger partial charge in [-0.25, -0.2) is 17.2 Å². The average molecular weight is 659 g/mol. The predicted octanol–water partition coefficient (Wildman–Crippen LogP) is 5.90. The van der Waals surface area contributed by atoms with E-state index in [2.05, 4.69) is 6.07 Å². The Morgan fingerprint density at radius 2 is 1.61 bits per heavy atom. The molecule has 0 saturated carbocycles. The Kier molecular flexibility index (Phi) is 10.4. The minimum atomic E-state index is -3.97. The van der Waals surface area contributed by atoms with Crippen molar-refractivity contribution < 1.29 is 39.8 Å². The number of Topliss-reactive ketones (excluding diaryl/α,β-unsaturated/α-hetero) is 1. The Labute approximate surface area is 268 Å². The fourth-order valence-electron chi connectivity index (χ4n) is 5.39. The van der Waals surface area contributed by atoms with Crippen molar-refractivity contribution >= 4 is 32.8 Å². The van der Waals surface area contributed by atoms with Crippen LogP contribution in [0.15, 0.2) is 90.0 Å². The third-order valence-corrected chi connectivity index (χ3v) is 9.01. The van der Waals surface area contributed by atoms with Crippen molar-refractivity contribution in [1.29, 1.82) is 10.5 Å². The first-order valence-electron chi connectivity index (χ1n) is 13.6. The van der Waals surface area contributed by atoms with E-state index in [0.29, 0.717) is 35.9 Å². The number of hydrogen-bond donors (Lipinski definition) is 0. The Balaban J connectivity index is 0.00000173. The fraction of sp³-hybridized carbons (Fsp3) is 0.273. The zero-order valence-corrected chi connectivity index (χ0v) is 26.2. The van der Waals surface area contributed by atoms with Crippen molar-refractivity contribution in [2.24, 2.45) is 5.41 Å². The summed E-state index contributed by atoms with van der Waals surface area (Å²) in [6.07, 6.45) is 1.68. The number of nitrogens with zero attached hydrogens (tertiary/aromatic N) is 4. The van der Waals surface area contributed by atoms with Crippen LogP contribution in [0.3, 0.4) is 0 Å². The van der Waals surface area contributed by atoms with E-state index in [1.807, 2.05) is 30.3 Å². The van der Waals surface area contributed by atoms with Crippen molar-refractivity contribution in [2.75, 3.05) is 13.1 Å². The van der Waals surface area contributed by atoms with Gasteiger partial charge >= 0.3 is 23.2 Å². The van der Waals surface area contributed by atoms with E-state index in [1.54, 1.807) is 62.1 Å². The van der Waals surface area contributed by atoms with Gasteiger partial charge in [-0.3, -0.25) is 4.79 Å². The number of rotatable bonds is 6. The van der Waals surface area contributed by atoms with Gasteiger partial charge in [0.05, 0.1) is 21.4 Å². The summed E-state index contributed by atoms with van der Waals surface area (Å²) < 4.78 is 33.5. The maximum atomic E-state index is 14.3. The summed E-state index contributed by atoms with van der Waals surface area (Å²) in [6, 6.07) is 24.5. The first-order chi connectivity index (χ1) is 20.4. The van der Waals surface area contributed by atoms with E-state index in [0.717, 1.165) is 9.54 Å². The average Bonchev–Trinajstić information content (AvgIpc) is 3.60. The molecule has 0 aliphatic carbocycles. The van der Waals surface area contributed by atoms with E-state index in [9.17, 15) is 23.3 Å². The van der Waals surface area contributed by atoms with Crippen LogP contribution in [0.2, 0.25) is 0 Å². The smallest absolute Gasteiger partial charge is 0.512 e. The van der Waals surface area contributed by atoms with Gasteiger partial charge < -0.3 is 21.5 Å². The van der Waals surface area contributed by atoms with Crippen LogP contribution < -0.4 is 0 Å². The number of carbonyl (C=O) groups is 2. The molecular weight excluding hydrogens is 628 g/mol. The zero-order chi connectivity index (χ0) is 31.4. The van der Waals surface area contributed by atoms with E-state index in [1.165, 1.54) is 18.3 Å². The molecule has 5 rings (SSSR count). The minimum Gasteiger partial charge on any atom is -0.512 e. The van der Waals surface area contributed by atoms with Gasteiger partial charge in [-0.2, -0.15) is 5.26 Å². The van der Waals surface area contributed by atoms with E-state index < -0.39 is 27.1 Å². The Bertz CT molecular complexity index is 1820. The first-order valence-corrected chi connectivity index (χ1v) is 15.0. The van der Waals surface area contributed by atoms with Gasteiger partial charge in [-0.15, -0.1) is 0 Å². The topological polar surface area (TPSA) is 133 Å². The normalized spacial score (nSPS) is 16.2. The van der Waals surface area contributed by atoms with E-state index in [-0.39, 0.29) is 39.9 Å². The van der Waals surface area contributed by atoms with Gasteiger partial charge in [0.2, 0.25) is 0 Å². The van der Waals surface area contributed by atoms with Crippen molar-refractivity contribution in [3.63, 3.8) is 0 Å². The van der Waals surface area contributed by atoms with Crippen molar-refractivity contribution in [3.05, 3.63) is 108 Å². The molecular formula is C33H31CuN4O5S. The molecule has 1 aliphatic heterocycles. The van der Waals surface area contributed by atoms with Crippen LogP contribution in [0, 0.1) is 28.6 Å². The zero-order valence-electron chi connectivity index (χ0n) is 24.5. The maximum Gasteiger partial charge on any atom is 1.00 e. The fourth-order valence-corrected chi connectivity index (χ4v) is 6.78. The summed E-state index contributed by atoms with van der Waals surface area (Å²) in [5, 5.41) is 16.5. The number of ketones is 1. The van der Waals surface area contributed by atoms with E-state index in [4.69, 9.17) is 16.6 Å². The molecule has 0 spiro atoms. The Hall–Kier alpha value is -4.41. The molecule has 1 unspecified atom stereocenters. The van der Waals surface area contributed by atoms with Gasteiger partial charge in [0.1, 0.15) is 11.7 Å². The van der Waals surface area contributed by atoms with Crippen LogP contribution in [0.1, 0.15) is 48.7 Å². The van der Waals surface area contributed by atoms with Gasteiger partial charge in [0.15, 0.2) is 5.78 Å². The summed E-state index contributed by atoms with van der Waals surface area (Å²) in [5.41, 5.74) is 0.181. The molecule has 1 saturated heterocycles. The minimum absolute atomic E-state index is 0. The molecule has 1 fully saturated rings. The van der Waals surface area contributed by atoms with E-state index >= 15 is 0 Å². The molecule has 0 radical (unpaired) electrons. The number of nitriles is 1. The number of likely N-dealkylation sites (tertiary alicyclic amines) is 1. The van der Waals surface area contributed by atoms with Crippen molar-refractivity contribution in [3.8, 4) is 6.07 Å². The van der Waals surface area contributed by atoms with Crippen molar-refractivity contribution in [2.45, 2.75) is 44.1 Å².